The second kappa shape index (κ2) is 10.4. The van der Waals surface area contributed by atoms with Crippen molar-refractivity contribution in [2.45, 2.75) is 44.7 Å². The molecule has 0 bridgehead atoms. The summed E-state index contributed by atoms with van der Waals surface area (Å²) >= 11 is 0. The maximum absolute atomic E-state index is 13.6. The van der Waals surface area contributed by atoms with Crippen LogP contribution in [-0.4, -0.2) is 90.2 Å². The highest BCUT2D eigenvalue weighted by Gasteiger charge is 2.38. The molecule has 2 aromatic rings. The lowest BCUT2D eigenvalue weighted by atomic mass is 10.1. The van der Waals surface area contributed by atoms with Crippen LogP contribution in [0.4, 0.5) is 33.9 Å². The number of sulfonamides is 1. The van der Waals surface area contributed by atoms with Gasteiger partial charge in [-0.25, -0.2) is 22.6 Å². The second-order valence-corrected chi connectivity index (χ2v) is 11.2. The number of nitrogens with one attached hydrogen (secondary N) is 1. The number of carbonyl (C=O) groups is 1. The van der Waals surface area contributed by atoms with Crippen molar-refractivity contribution in [1.82, 2.24) is 24.6 Å². The van der Waals surface area contributed by atoms with Gasteiger partial charge in [0.15, 0.2) is 11.5 Å². The highest BCUT2D eigenvalue weighted by molar-refractivity contribution is 7.92. The number of nitrogens with zero attached hydrogens (tertiary/aromatic N) is 6. The summed E-state index contributed by atoms with van der Waals surface area (Å²) < 4.78 is 80.4. The zero-order valence-corrected chi connectivity index (χ0v) is 21.3. The Balaban J connectivity index is 1.43. The molecular weight excluding hydrogens is 518 g/mol. The van der Waals surface area contributed by atoms with Gasteiger partial charge in [-0.15, -0.1) is 5.10 Å². The molecular formula is C22H29F4N7O3S. The first kappa shape index (κ1) is 27.1. The monoisotopic (exact) mass is 547 g/mol. The van der Waals surface area contributed by atoms with E-state index in [2.05, 4.69) is 14.8 Å². The standard InChI is InChI=1S/C22H29F4N7O3S/c1-15-13-32(21(34)33-8-5-19(28-33)29-37(2,35)36)10-9-31(15)14-16-11-18(20(27-12-16)22(24,25)26)30-6-3-17(23)4-7-30/h5,8,11-12,15,17H,3-4,6-7,9-10,13-14H2,1-2H3,(H,28,29)/t15-/m0/s1. The number of hydrogen-bond donors (Lipinski definition) is 1. The highest BCUT2D eigenvalue weighted by Crippen LogP contribution is 2.37. The summed E-state index contributed by atoms with van der Waals surface area (Å²) in [5.74, 6) is 0.0314. The summed E-state index contributed by atoms with van der Waals surface area (Å²) in [6, 6.07) is 2.33. The van der Waals surface area contributed by atoms with E-state index in [1.807, 2.05) is 11.8 Å². The fourth-order valence-corrected chi connectivity index (χ4v) is 5.08. The number of anilines is 2. The summed E-state index contributed by atoms with van der Waals surface area (Å²) in [5.41, 5.74) is -0.405. The fourth-order valence-electron chi connectivity index (χ4n) is 4.59. The van der Waals surface area contributed by atoms with Crippen LogP contribution < -0.4 is 9.62 Å². The second-order valence-electron chi connectivity index (χ2n) is 9.44. The van der Waals surface area contributed by atoms with Gasteiger partial charge >= 0.3 is 12.2 Å². The first-order chi connectivity index (χ1) is 17.3. The van der Waals surface area contributed by atoms with Crippen LogP contribution in [0.15, 0.2) is 24.5 Å². The number of carbonyl (C=O) groups excluding carboxylic acids is 1. The Morgan fingerprint density at radius 3 is 2.51 bits per heavy atom. The van der Waals surface area contributed by atoms with Crippen LogP contribution in [-0.2, 0) is 22.7 Å². The smallest absolute Gasteiger partial charge is 0.370 e. The van der Waals surface area contributed by atoms with Crippen LogP contribution in [0.25, 0.3) is 0 Å². The third-order valence-corrected chi connectivity index (χ3v) is 7.03. The number of alkyl halides is 4. The van der Waals surface area contributed by atoms with Gasteiger partial charge in [-0.2, -0.15) is 17.9 Å². The van der Waals surface area contributed by atoms with Gasteiger partial charge in [0.05, 0.1) is 11.9 Å². The van der Waals surface area contributed by atoms with E-state index in [1.165, 1.54) is 24.5 Å². The fraction of sp³-hybridized carbons (Fsp3) is 0.591. The number of piperidine rings is 1. The van der Waals surface area contributed by atoms with Crippen molar-refractivity contribution >= 4 is 27.6 Å². The van der Waals surface area contributed by atoms with E-state index in [-0.39, 0.29) is 43.5 Å². The molecule has 0 aliphatic carbocycles. The first-order valence-electron chi connectivity index (χ1n) is 11.8. The molecule has 0 unspecified atom stereocenters. The molecule has 2 aromatic heterocycles. The molecule has 37 heavy (non-hydrogen) atoms. The van der Waals surface area contributed by atoms with Crippen molar-refractivity contribution in [2.24, 2.45) is 0 Å². The Hall–Kier alpha value is -2.94. The molecule has 0 saturated carbocycles. The van der Waals surface area contributed by atoms with Gasteiger partial charge in [-0.1, -0.05) is 0 Å². The maximum atomic E-state index is 13.6. The molecule has 2 aliphatic heterocycles. The van der Waals surface area contributed by atoms with Crippen molar-refractivity contribution in [2.75, 3.05) is 48.6 Å². The molecule has 0 radical (unpaired) electrons. The van der Waals surface area contributed by atoms with Crippen LogP contribution in [0.2, 0.25) is 0 Å². The number of rotatable bonds is 5. The lowest BCUT2D eigenvalue weighted by Gasteiger charge is -2.39. The normalized spacial score (nSPS) is 20.3. The first-order valence-corrected chi connectivity index (χ1v) is 13.7. The lowest BCUT2D eigenvalue weighted by Crippen LogP contribution is -2.54. The van der Waals surface area contributed by atoms with E-state index in [9.17, 15) is 30.8 Å². The average Bonchev–Trinajstić information content (AvgIpc) is 3.26. The maximum Gasteiger partial charge on any atom is 0.435 e. The third-order valence-electron chi connectivity index (χ3n) is 6.45. The molecule has 204 valence electrons. The van der Waals surface area contributed by atoms with Crippen LogP contribution in [0.1, 0.15) is 31.0 Å². The van der Waals surface area contributed by atoms with Crippen LogP contribution in [0, 0.1) is 0 Å². The van der Waals surface area contributed by atoms with E-state index in [1.54, 1.807) is 9.80 Å². The molecule has 1 atom stereocenters. The molecule has 0 spiro atoms. The number of amides is 1. The van der Waals surface area contributed by atoms with Crippen molar-refractivity contribution in [1.29, 1.82) is 0 Å². The highest BCUT2D eigenvalue weighted by atomic mass is 32.2. The lowest BCUT2D eigenvalue weighted by molar-refractivity contribution is -0.140. The Labute approximate surface area is 212 Å². The van der Waals surface area contributed by atoms with E-state index < -0.39 is 34.1 Å². The molecule has 15 heteroatoms. The summed E-state index contributed by atoms with van der Waals surface area (Å²) in [4.78, 5) is 21.8. The zero-order valence-electron chi connectivity index (χ0n) is 20.4. The van der Waals surface area contributed by atoms with Gasteiger partial charge in [0.25, 0.3) is 0 Å². The van der Waals surface area contributed by atoms with E-state index in [4.69, 9.17) is 0 Å². The summed E-state index contributed by atoms with van der Waals surface area (Å²) in [6.07, 6.45) is -1.70. The molecule has 2 aliphatic rings. The molecule has 2 fully saturated rings. The van der Waals surface area contributed by atoms with Crippen molar-refractivity contribution in [3.05, 3.63) is 35.8 Å². The van der Waals surface area contributed by atoms with Gasteiger partial charge in [0.1, 0.15) is 6.17 Å². The summed E-state index contributed by atoms with van der Waals surface area (Å²) in [5, 5.41) is 3.96. The number of halogens is 4. The van der Waals surface area contributed by atoms with Crippen molar-refractivity contribution in [3.63, 3.8) is 0 Å². The third kappa shape index (κ3) is 6.69. The minimum absolute atomic E-state index is 0.0314. The molecule has 10 nitrogen and oxygen atoms in total. The van der Waals surface area contributed by atoms with Gasteiger partial charge in [-0.3, -0.25) is 9.62 Å². The van der Waals surface area contributed by atoms with Gasteiger partial charge < -0.3 is 9.80 Å². The Morgan fingerprint density at radius 1 is 1.19 bits per heavy atom. The van der Waals surface area contributed by atoms with Crippen LogP contribution >= 0.6 is 0 Å². The van der Waals surface area contributed by atoms with Crippen LogP contribution in [0.3, 0.4) is 0 Å². The summed E-state index contributed by atoms with van der Waals surface area (Å²) in [6.45, 7) is 3.80. The van der Waals surface area contributed by atoms with Crippen molar-refractivity contribution < 1.29 is 30.8 Å². The molecule has 0 aromatic carbocycles. The zero-order chi connectivity index (χ0) is 27.0. The average molecular weight is 548 g/mol. The Bertz CT molecular complexity index is 1230. The predicted octanol–water partition coefficient (Wildman–Crippen LogP) is 2.78. The number of pyridine rings is 1. The topological polar surface area (TPSA) is 104 Å². The molecule has 4 rings (SSSR count). The number of hydrogen-bond acceptors (Lipinski definition) is 7. The quantitative estimate of drug-likeness (QED) is 0.575. The molecule has 4 heterocycles. The number of piperazine rings is 1. The van der Waals surface area contributed by atoms with E-state index >= 15 is 0 Å². The molecule has 1 amide bonds. The number of aromatic nitrogens is 3. The molecule has 1 N–H and O–H groups in total. The summed E-state index contributed by atoms with van der Waals surface area (Å²) in [7, 11) is -3.53. The van der Waals surface area contributed by atoms with Gasteiger partial charge in [-0.05, 0) is 31.4 Å². The Morgan fingerprint density at radius 2 is 1.89 bits per heavy atom. The van der Waals surface area contributed by atoms with Crippen LogP contribution in [0.5, 0.6) is 0 Å². The SMILES string of the molecule is C[C@H]1CN(C(=O)n2ccc(NS(C)(=O)=O)n2)CCN1Cc1cnc(C(F)(F)F)c(N2CCC(F)CC2)c1. The largest absolute Gasteiger partial charge is 0.435 e. The van der Waals surface area contributed by atoms with E-state index in [0.717, 1.165) is 10.9 Å². The minimum Gasteiger partial charge on any atom is -0.370 e. The van der Waals surface area contributed by atoms with Gasteiger partial charge in [0, 0.05) is 63.8 Å². The minimum atomic E-state index is -4.62. The van der Waals surface area contributed by atoms with Crippen molar-refractivity contribution in [3.8, 4) is 0 Å². The van der Waals surface area contributed by atoms with E-state index in [0.29, 0.717) is 31.7 Å². The molecule has 2 saturated heterocycles. The predicted molar refractivity (Wildman–Crippen MR) is 129 cm³/mol. The van der Waals surface area contributed by atoms with Gasteiger partial charge in [0.2, 0.25) is 10.0 Å². The Kier molecular flexibility index (Phi) is 7.65.